The van der Waals surface area contributed by atoms with Crippen LogP contribution >= 0.6 is 11.6 Å². The largest absolute Gasteiger partial charge is 0.351 e. The standard InChI is InChI=1S/C26H25ClFN9/c1-17(18-3-5-21(28)6-4-18)19-11-29-26(30-12-19)36-9-7-35(8-10-36)25-24-23(27)22(15-37(24)33-16-31-25)20-13-32-34(2)14-20/h3-6,11-17H,7-10H2,1-2H3/t17-/m1/s1. The zero-order valence-electron chi connectivity index (χ0n) is 20.5. The molecule has 5 heterocycles. The fourth-order valence-corrected chi connectivity index (χ4v) is 5.06. The van der Waals surface area contributed by atoms with E-state index >= 15 is 0 Å². The van der Waals surface area contributed by atoms with Gasteiger partial charge < -0.3 is 9.80 Å². The molecule has 0 aliphatic carbocycles. The molecule has 1 fully saturated rings. The summed E-state index contributed by atoms with van der Waals surface area (Å²) >= 11 is 6.83. The first-order chi connectivity index (χ1) is 18.0. The topological polar surface area (TPSA) is 80.3 Å². The average Bonchev–Trinajstić information content (AvgIpc) is 3.51. The lowest BCUT2D eigenvalue weighted by Crippen LogP contribution is -2.47. The molecule has 0 saturated carbocycles. The molecule has 9 nitrogen and oxygen atoms in total. The smallest absolute Gasteiger partial charge is 0.225 e. The van der Waals surface area contributed by atoms with Crippen molar-refractivity contribution in [2.24, 2.45) is 7.05 Å². The van der Waals surface area contributed by atoms with Gasteiger partial charge in [-0.1, -0.05) is 30.7 Å². The summed E-state index contributed by atoms with van der Waals surface area (Å²) in [5, 5.41) is 9.25. The van der Waals surface area contributed by atoms with Crippen LogP contribution in [0.5, 0.6) is 0 Å². The lowest BCUT2D eigenvalue weighted by atomic mass is 9.95. The van der Waals surface area contributed by atoms with E-state index in [2.05, 4.69) is 41.9 Å². The fourth-order valence-electron chi connectivity index (χ4n) is 4.73. The molecule has 0 amide bonds. The number of benzene rings is 1. The maximum atomic E-state index is 13.3. The molecule has 1 aliphatic heterocycles. The maximum absolute atomic E-state index is 13.3. The minimum absolute atomic E-state index is 0.0787. The van der Waals surface area contributed by atoms with Crippen molar-refractivity contribution in [3.05, 3.63) is 83.5 Å². The molecule has 6 rings (SSSR count). The number of hydrogen-bond acceptors (Lipinski definition) is 7. The van der Waals surface area contributed by atoms with E-state index in [9.17, 15) is 4.39 Å². The van der Waals surface area contributed by atoms with Gasteiger partial charge in [0.1, 0.15) is 17.7 Å². The summed E-state index contributed by atoms with van der Waals surface area (Å²) in [7, 11) is 1.88. The number of nitrogens with zero attached hydrogens (tertiary/aromatic N) is 9. The Morgan fingerprint density at radius 3 is 2.24 bits per heavy atom. The maximum Gasteiger partial charge on any atom is 0.225 e. The summed E-state index contributed by atoms with van der Waals surface area (Å²) in [6.07, 6.45) is 10.9. The number of rotatable bonds is 5. The van der Waals surface area contributed by atoms with E-state index in [4.69, 9.17) is 11.6 Å². The molecule has 1 saturated heterocycles. The van der Waals surface area contributed by atoms with Gasteiger partial charge >= 0.3 is 0 Å². The highest BCUT2D eigenvalue weighted by Gasteiger charge is 2.25. The highest BCUT2D eigenvalue weighted by Crippen LogP contribution is 2.36. The number of halogens is 2. The number of aromatic nitrogens is 7. The van der Waals surface area contributed by atoms with E-state index in [1.807, 2.05) is 31.8 Å². The molecule has 1 atom stereocenters. The molecule has 0 unspecified atom stereocenters. The van der Waals surface area contributed by atoms with Crippen molar-refractivity contribution in [1.29, 1.82) is 0 Å². The zero-order valence-corrected chi connectivity index (χ0v) is 21.2. The molecule has 0 radical (unpaired) electrons. The number of piperazine rings is 1. The summed E-state index contributed by atoms with van der Waals surface area (Å²) < 4.78 is 16.8. The Balaban J connectivity index is 1.17. The molecular weight excluding hydrogens is 493 g/mol. The monoisotopic (exact) mass is 517 g/mol. The van der Waals surface area contributed by atoms with Crippen LogP contribution in [-0.4, -0.2) is 60.5 Å². The third-order valence-corrected chi connectivity index (χ3v) is 7.28. The van der Waals surface area contributed by atoms with Crippen LogP contribution in [0.4, 0.5) is 16.2 Å². The molecular formula is C26H25ClFN9. The molecule has 188 valence electrons. The van der Waals surface area contributed by atoms with Gasteiger partial charge in [-0.05, 0) is 23.3 Å². The molecule has 4 aromatic heterocycles. The normalized spacial score (nSPS) is 14.9. The predicted octanol–water partition coefficient (Wildman–Crippen LogP) is 4.19. The highest BCUT2D eigenvalue weighted by atomic mass is 35.5. The highest BCUT2D eigenvalue weighted by molar-refractivity contribution is 6.37. The van der Waals surface area contributed by atoms with Gasteiger partial charge in [0.25, 0.3) is 0 Å². The van der Waals surface area contributed by atoms with Gasteiger partial charge in [0, 0.05) is 75.1 Å². The molecule has 37 heavy (non-hydrogen) atoms. The van der Waals surface area contributed by atoms with Crippen LogP contribution in [-0.2, 0) is 7.05 Å². The molecule has 1 aliphatic rings. The third kappa shape index (κ3) is 4.37. The van der Waals surface area contributed by atoms with E-state index in [0.29, 0.717) is 11.0 Å². The number of aryl methyl sites for hydroxylation is 1. The number of fused-ring (bicyclic) bond motifs is 1. The average molecular weight is 518 g/mol. The number of anilines is 2. The van der Waals surface area contributed by atoms with Gasteiger partial charge in [0.15, 0.2) is 5.82 Å². The van der Waals surface area contributed by atoms with E-state index in [1.165, 1.54) is 12.1 Å². The second kappa shape index (κ2) is 9.44. The molecule has 0 spiro atoms. The Hall–Kier alpha value is -4.05. The van der Waals surface area contributed by atoms with Crippen LogP contribution in [0.15, 0.2) is 61.6 Å². The van der Waals surface area contributed by atoms with Gasteiger partial charge in [-0.2, -0.15) is 10.2 Å². The summed E-state index contributed by atoms with van der Waals surface area (Å²) in [5.41, 5.74) is 4.61. The van der Waals surface area contributed by atoms with Crippen LogP contribution < -0.4 is 9.80 Å². The summed E-state index contributed by atoms with van der Waals surface area (Å²) in [5.74, 6) is 1.34. The van der Waals surface area contributed by atoms with Crippen molar-refractivity contribution < 1.29 is 4.39 Å². The Bertz CT molecular complexity index is 1540. The van der Waals surface area contributed by atoms with Crippen molar-refractivity contribution in [3.63, 3.8) is 0 Å². The van der Waals surface area contributed by atoms with Crippen LogP contribution in [0.1, 0.15) is 24.0 Å². The summed E-state index contributed by atoms with van der Waals surface area (Å²) in [6, 6.07) is 6.56. The minimum Gasteiger partial charge on any atom is -0.351 e. The second-order valence-corrected chi connectivity index (χ2v) is 9.58. The molecule has 0 bridgehead atoms. The lowest BCUT2D eigenvalue weighted by molar-refractivity contribution is 0.626. The predicted molar refractivity (Wildman–Crippen MR) is 141 cm³/mol. The van der Waals surface area contributed by atoms with Crippen molar-refractivity contribution in [2.45, 2.75) is 12.8 Å². The van der Waals surface area contributed by atoms with Gasteiger partial charge in [0.05, 0.1) is 11.2 Å². The van der Waals surface area contributed by atoms with E-state index in [-0.39, 0.29) is 11.7 Å². The Morgan fingerprint density at radius 2 is 1.57 bits per heavy atom. The second-order valence-electron chi connectivity index (χ2n) is 9.20. The van der Waals surface area contributed by atoms with Crippen molar-refractivity contribution in [1.82, 2.24) is 34.3 Å². The molecule has 1 aromatic carbocycles. The van der Waals surface area contributed by atoms with Gasteiger partial charge in [-0.25, -0.2) is 23.9 Å². The van der Waals surface area contributed by atoms with Gasteiger partial charge in [-0.3, -0.25) is 4.68 Å². The third-order valence-electron chi connectivity index (χ3n) is 6.90. The van der Waals surface area contributed by atoms with E-state index in [1.54, 1.807) is 33.9 Å². The van der Waals surface area contributed by atoms with Crippen LogP contribution in [0.25, 0.3) is 16.6 Å². The van der Waals surface area contributed by atoms with Crippen LogP contribution in [0, 0.1) is 5.82 Å². The summed E-state index contributed by atoms with van der Waals surface area (Å²) in [6.45, 7) is 5.05. The zero-order chi connectivity index (χ0) is 25.5. The first kappa shape index (κ1) is 23.4. The fraction of sp³-hybridized carbons (Fsp3) is 0.269. The van der Waals surface area contributed by atoms with Gasteiger partial charge in [0.2, 0.25) is 5.95 Å². The van der Waals surface area contributed by atoms with E-state index < -0.39 is 0 Å². The van der Waals surface area contributed by atoms with Crippen LogP contribution in [0.3, 0.4) is 0 Å². The summed E-state index contributed by atoms with van der Waals surface area (Å²) in [4.78, 5) is 18.2. The van der Waals surface area contributed by atoms with Gasteiger partial charge in [-0.15, -0.1) is 0 Å². The Morgan fingerprint density at radius 1 is 0.865 bits per heavy atom. The first-order valence-electron chi connectivity index (χ1n) is 12.1. The number of hydrogen-bond donors (Lipinski definition) is 0. The minimum atomic E-state index is -0.238. The van der Waals surface area contributed by atoms with Crippen molar-refractivity contribution in [3.8, 4) is 11.1 Å². The Kier molecular flexibility index (Phi) is 5.96. The quantitative estimate of drug-likeness (QED) is 0.346. The first-order valence-corrected chi connectivity index (χ1v) is 12.4. The van der Waals surface area contributed by atoms with Crippen LogP contribution in [0.2, 0.25) is 5.02 Å². The molecule has 0 N–H and O–H groups in total. The van der Waals surface area contributed by atoms with Crippen molar-refractivity contribution >= 4 is 28.9 Å². The van der Waals surface area contributed by atoms with E-state index in [0.717, 1.165) is 59.8 Å². The Labute approximate surface area is 218 Å². The van der Waals surface area contributed by atoms with Crippen molar-refractivity contribution in [2.75, 3.05) is 36.0 Å². The molecule has 5 aromatic rings. The SMILES string of the molecule is C[C@H](c1ccc(F)cc1)c1cnc(N2CCN(c3ncnn4cc(-c5cnn(C)c5)c(Cl)c34)CC2)nc1. The lowest BCUT2D eigenvalue weighted by Gasteiger charge is -2.35. The molecule has 11 heteroatoms.